The third kappa shape index (κ3) is 4.87. The Morgan fingerprint density at radius 3 is 2.32 bits per heavy atom. The van der Waals surface area contributed by atoms with E-state index >= 15 is 0 Å². The molecule has 0 aliphatic heterocycles. The topological polar surface area (TPSA) is 59.3 Å². The first-order chi connectivity index (χ1) is 13.7. The Morgan fingerprint density at radius 1 is 0.964 bits per heavy atom. The summed E-state index contributed by atoms with van der Waals surface area (Å²) in [7, 11) is 1.59. The summed E-state index contributed by atoms with van der Waals surface area (Å²) in [4.78, 5) is 12.2. The first kappa shape index (κ1) is 18.9. The molecule has 0 unspecified atom stereocenters. The normalized spacial score (nSPS) is 10.4. The van der Waals surface area contributed by atoms with E-state index in [1.807, 2.05) is 42.5 Å². The highest BCUT2D eigenvalue weighted by Gasteiger charge is 2.03. The summed E-state index contributed by atoms with van der Waals surface area (Å²) < 4.78 is 10.8. The lowest BCUT2D eigenvalue weighted by molar-refractivity contribution is 0.104. The Kier molecular flexibility index (Phi) is 6.22. The second-order valence-corrected chi connectivity index (χ2v) is 6.05. The van der Waals surface area contributed by atoms with Crippen LogP contribution in [0.25, 0.3) is 6.08 Å². The van der Waals surface area contributed by atoms with E-state index in [4.69, 9.17) is 14.7 Å². The van der Waals surface area contributed by atoms with Crippen LogP contribution in [0.1, 0.15) is 27.0 Å². The molecule has 0 atom stereocenters. The lowest BCUT2D eigenvalue weighted by Gasteiger charge is -2.07. The van der Waals surface area contributed by atoms with Crippen molar-refractivity contribution < 1.29 is 14.3 Å². The van der Waals surface area contributed by atoms with Gasteiger partial charge in [-0.25, -0.2) is 0 Å². The van der Waals surface area contributed by atoms with Crippen LogP contribution < -0.4 is 9.47 Å². The van der Waals surface area contributed by atoms with Crippen molar-refractivity contribution in [2.75, 3.05) is 7.11 Å². The van der Waals surface area contributed by atoms with Crippen molar-refractivity contribution in [2.45, 2.75) is 6.61 Å². The Balaban J connectivity index is 1.60. The summed E-state index contributed by atoms with van der Waals surface area (Å²) in [5, 5.41) is 9.12. The van der Waals surface area contributed by atoms with Crippen LogP contribution in [0, 0.1) is 11.3 Å². The molecule has 0 heterocycles. The van der Waals surface area contributed by atoms with Gasteiger partial charge in [0, 0.05) is 11.1 Å². The van der Waals surface area contributed by atoms with Gasteiger partial charge in [-0.15, -0.1) is 0 Å². The van der Waals surface area contributed by atoms with E-state index in [2.05, 4.69) is 6.07 Å². The van der Waals surface area contributed by atoms with Crippen LogP contribution in [-0.2, 0) is 6.61 Å². The highest BCUT2D eigenvalue weighted by Crippen LogP contribution is 2.17. The van der Waals surface area contributed by atoms with Gasteiger partial charge in [-0.3, -0.25) is 4.79 Å². The molecule has 0 spiro atoms. The van der Waals surface area contributed by atoms with E-state index in [1.54, 1.807) is 49.6 Å². The smallest absolute Gasteiger partial charge is 0.185 e. The maximum Gasteiger partial charge on any atom is 0.185 e. The molecule has 138 valence electrons. The predicted molar refractivity (Wildman–Crippen MR) is 108 cm³/mol. The van der Waals surface area contributed by atoms with Crippen LogP contribution in [0.5, 0.6) is 11.5 Å². The van der Waals surface area contributed by atoms with Crippen molar-refractivity contribution in [3.8, 4) is 17.6 Å². The molecule has 0 bridgehead atoms. The van der Waals surface area contributed by atoms with Gasteiger partial charge in [0.1, 0.15) is 18.1 Å². The highest BCUT2D eigenvalue weighted by atomic mass is 16.5. The minimum atomic E-state index is -0.0731. The lowest BCUT2D eigenvalue weighted by Crippen LogP contribution is -1.98. The van der Waals surface area contributed by atoms with Crippen molar-refractivity contribution in [3.63, 3.8) is 0 Å². The maximum atomic E-state index is 12.2. The second kappa shape index (κ2) is 9.20. The average molecular weight is 369 g/mol. The van der Waals surface area contributed by atoms with E-state index in [-0.39, 0.29) is 5.78 Å². The number of hydrogen-bond acceptors (Lipinski definition) is 4. The van der Waals surface area contributed by atoms with Crippen molar-refractivity contribution in [1.82, 2.24) is 0 Å². The zero-order chi connectivity index (χ0) is 19.8. The number of hydrogen-bond donors (Lipinski definition) is 0. The molecule has 0 aromatic heterocycles. The quantitative estimate of drug-likeness (QED) is 0.432. The third-order valence-corrected chi connectivity index (χ3v) is 4.21. The van der Waals surface area contributed by atoms with Gasteiger partial charge in [-0.05, 0) is 54.1 Å². The Labute approximate surface area is 164 Å². The van der Waals surface area contributed by atoms with Gasteiger partial charge in [-0.1, -0.05) is 36.4 Å². The van der Waals surface area contributed by atoms with Crippen molar-refractivity contribution >= 4 is 11.9 Å². The van der Waals surface area contributed by atoms with E-state index in [1.165, 1.54) is 0 Å². The van der Waals surface area contributed by atoms with Crippen molar-refractivity contribution in [2.24, 2.45) is 0 Å². The second-order valence-electron chi connectivity index (χ2n) is 6.05. The van der Waals surface area contributed by atoms with Gasteiger partial charge in [0.05, 0.1) is 18.7 Å². The number of ether oxygens (including phenoxy) is 2. The maximum absolute atomic E-state index is 12.2. The number of carbonyl (C=O) groups excluding carboxylic acids is 1. The summed E-state index contributed by atoms with van der Waals surface area (Å²) in [6.07, 6.45) is 3.31. The van der Waals surface area contributed by atoms with Gasteiger partial charge < -0.3 is 9.47 Å². The van der Waals surface area contributed by atoms with Gasteiger partial charge in [0.15, 0.2) is 5.78 Å². The fourth-order valence-corrected chi connectivity index (χ4v) is 2.61. The summed E-state index contributed by atoms with van der Waals surface area (Å²) in [5.74, 6) is 1.34. The first-order valence-electron chi connectivity index (χ1n) is 8.77. The van der Waals surface area contributed by atoms with Gasteiger partial charge >= 0.3 is 0 Å². The largest absolute Gasteiger partial charge is 0.497 e. The van der Waals surface area contributed by atoms with Gasteiger partial charge in [0.2, 0.25) is 0 Å². The number of benzene rings is 3. The zero-order valence-corrected chi connectivity index (χ0v) is 15.5. The zero-order valence-electron chi connectivity index (χ0n) is 15.5. The fourth-order valence-electron chi connectivity index (χ4n) is 2.61. The predicted octanol–water partition coefficient (Wildman–Crippen LogP) is 5.04. The molecule has 3 aromatic carbocycles. The molecule has 0 saturated heterocycles. The fraction of sp³-hybridized carbons (Fsp3) is 0.0833. The minimum Gasteiger partial charge on any atom is -0.497 e. The summed E-state index contributed by atoms with van der Waals surface area (Å²) in [6, 6.07) is 24.0. The third-order valence-electron chi connectivity index (χ3n) is 4.21. The van der Waals surface area contributed by atoms with Crippen molar-refractivity contribution in [1.29, 1.82) is 5.26 Å². The number of carbonyl (C=O) groups is 1. The standard InChI is InChI=1S/C24H19NO3/c1-27-22-13-9-19(10-14-22)24(26)15-8-18-6-11-23(12-7-18)28-17-21-5-3-2-4-20(21)16-25/h2-15H,17H2,1H3/b15-8+. The van der Waals surface area contributed by atoms with E-state index < -0.39 is 0 Å². The number of methoxy groups -OCH3 is 1. The molecule has 0 aliphatic carbocycles. The van der Waals surface area contributed by atoms with Crippen LogP contribution in [0.2, 0.25) is 0 Å². The molecule has 0 aliphatic rings. The Bertz CT molecular complexity index is 1010. The van der Waals surface area contributed by atoms with Gasteiger partial charge in [0.25, 0.3) is 0 Å². The molecule has 4 heteroatoms. The highest BCUT2D eigenvalue weighted by molar-refractivity contribution is 6.06. The first-order valence-corrected chi connectivity index (χ1v) is 8.77. The molecular formula is C24H19NO3. The number of allylic oxidation sites excluding steroid dienone is 1. The van der Waals surface area contributed by atoms with E-state index in [0.29, 0.717) is 29.2 Å². The van der Waals surface area contributed by atoms with Crippen LogP contribution in [0.4, 0.5) is 0 Å². The molecule has 0 N–H and O–H groups in total. The Hall–Kier alpha value is -3.84. The Morgan fingerprint density at radius 2 is 1.64 bits per heavy atom. The van der Waals surface area contributed by atoms with Crippen LogP contribution in [0.15, 0.2) is 78.9 Å². The summed E-state index contributed by atoms with van der Waals surface area (Å²) in [5.41, 5.74) is 2.96. The van der Waals surface area contributed by atoms with E-state index in [9.17, 15) is 4.79 Å². The SMILES string of the molecule is COc1ccc(C(=O)/C=C/c2ccc(OCc3ccccc3C#N)cc2)cc1. The number of rotatable bonds is 7. The number of nitrogens with zero attached hydrogens (tertiary/aromatic N) is 1. The van der Waals surface area contributed by atoms with Crippen LogP contribution >= 0.6 is 0 Å². The van der Waals surface area contributed by atoms with Crippen molar-refractivity contribution in [3.05, 3.63) is 101 Å². The minimum absolute atomic E-state index is 0.0731. The number of nitriles is 1. The molecule has 0 radical (unpaired) electrons. The monoisotopic (exact) mass is 369 g/mol. The van der Waals surface area contributed by atoms with Crippen LogP contribution in [0.3, 0.4) is 0 Å². The lowest BCUT2D eigenvalue weighted by atomic mass is 10.1. The molecular weight excluding hydrogens is 350 g/mol. The molecule has 28 heavy (non-hydrogen) atoms. The van der Waals surface area contributed by atoms with E-state index in [0.717, 1.165) is 11.1 Å². The molecule has 4 nitrogen and oxygen atoms in total. The summed E-state index contributed by atoms with van der Waals surface area (Å²) >= 11 is 0. The molecule has 0 amide bonds. The molecule has 0 fully saturated rings. The van der Waals surface area contributed by atoms with Crippen LogP contribution in [-0.4, -0.2) is 12.9 Å². The molecule has 0 saturated carbocycles. The average Bonchev–Trinajstić information content (AvgIpc) is 2.77. The molecule has 3 rings (SSSR count). The summed E-state index contributed by atoms with van der Waals surface area (Å²) in [6.45, 7) is 0.328. The number of ketones is 1. The molecule has 3 aromatic rings. The van der Waals surface area contributed by atoms with Gasteiger partial charge in [-0.2, -0.15) is 5.26 Å².